The summed E-state index contributed by atoms with van der Waals surface area (Å²) < 4.78 is 1.80. The Morgan fingerprint density at radius 1 is 1.09 bits per heavy atom. The number of fused-ring (bicyclic) bond motifs is 4. The molecule has 1 aliphatic carbocycles. The van der Waals surface area contributed by atoms with E-state index < -0.39 is 0 Å². The summed E-state index contributed by atoms with van der Waals surface area (Å²) in [5.74, 6) is 0. The van der Waals surface area contributed by atoms with E-state index in [1.54, 1.807) is 27.1 Å². The molecule has 3 aromatic heterocycles. The molecule has 0 atom stereocenters. The average molecular weight is 338 g/mol. The molecule has 5 rings (SSSR count). The molecule has 0 radical (unpaired) electrons. The van der Waals surface area contributed by atoms with E-state index >= 15 is 0 Å². The molecule has 1 aliphatic rings. The molecular weight excluding hydrogens is 324 g/mol. The van der Waals surface area contributed by atoms with Crippen molar-refractivity contribution in [3.8, 4) is 11.3 Å². The van der Waals surface area contributed by atoms with E-state index in [4.69, 9.17) is 4.98 Å². The van der Waals surface area contributed by atoms with Gasteiger partial charge in [-0.1, -0.05) is 30.3 Å². The van der Waals surface area contributed by atoms with E-state index in [0.717, 1.165) is 39.3 Å². The van der Waals surface area contributed by atoms with Gasteiger partial charge < -0.3 is 0 Å². The van der Waals surface area contributed by atoms with Gasteiger partial charge in [-0.2, -0.15) is 0 Å². The van der Waals surface area contributed by atoms with Crippen molar-refractivity contribution in [1.29, 1.82) is 0 Å². The second kappa shape index (κ2) is 5.01. The van der Waals surface area contributed by atoms with Crippen molar-refractivity contribution in [1.82, 2.24) is 9.38 Å². The highest BCUT2D eigenvalue weighted by Gasteiger charge is 2.21. The fourth-order valence-corrected chi connectivity index (χ4v) is 5.64. The topological polar surface area (TPSA) is 34.4 Å². The third kappa shape index (κ3) is 1.93. The standard InChI is InChI=1S/C18H14N2OS2/c21-17-15-12-8-4-5-9-14(12)23-16(15)19-18-20(17)13(10-22-18)11-6-2-1-3-7-11/h1-3,6-7,10H,4-5,8-9H2. The van der Waals surface area contributed by atoms with Gasteiger partial charge in [0.1, 0.15) is 4.83 Å². The Kier molecular flexibility index (Phi) is 2.93. The summed E-state index contributed by atoms with van der Waals surface area (Å²) in [5.41, 5.74) is 3.37. The molecule has 0 saturated carbocycles. The van der Waals surface area contributed by atoms with Crippen LogP contribution >= 0.6 is 22.7 Å². The quantitative estimate of drug-likeness (QED) is 0.511. The third-order valence-corrected chi connectivity index (χ3v) is 6.56. The summed E-state index contributed by atoms with van der Waals surface area (Å²) in [6.07, 6.45) is 4.52. The van der Waals surface area contributed by atoms with Crippen molar-refractivity contribution < 1.29 is 0 Å². The number of hydrogen-bond donors (Lipinski definition) is 0. The molecule has 0 spiro atoms. The molecule has 0 aliphatic heterocycles. The summed E-state index contributed by atoms with van der Waals surface area (Å²) >= 11 is 3.26. The molecule has 0 fully saturated rings. The smallest absolute Gasteiger partial charge is 0.268 e. The first kappa shape index (κ1) is 13.5. The molecule has 4 aromatic rings. The first-order valence-electron chi connectivity index (χ1n) is 7.83. The monoisotopic (exact) mass is 338 g/mol. The highest BCUT2D eigenvalue weighted by molar-refractivity contribution is 7.19. The predicted molar refractivity (Wildman–Crippen MR) is 96.8 cm³/mol. The fraction of sp³-hybridized carbons (Fsp3) is 0.222. The van der Waals surface area contributed by atoms with Gasteiger partial charge in [0.15, 0.2) is 4.96 Å². The minimum atomic E-state index is 0.101. The molecular formula is C18H14N2OS2. The van der Waals surface area contributed by atoms with Crippen molar-refractivity contribution in [3.63, 3.8) is 0 Å². The van der Waals surface area contributed by atoms with Gasteiger partial charge in [-0.15, -0.1) is 22.7 Å². The molecule has 1 aromatic carbocycles. The molecule has 5 heteroatoms. The lowest BCUT2D eigenvalue weighted by molar-refractivity contribution is 0.700. The maximum absolute atomic E-state index is 13.2. The Morgan fingerprint density at radius 3 is 2.78 bits per heavy atom. The van der Waals surface area contributed by atoms with Crippen LogP contribution in [0.4, 0.5) is 0 Å². The third-order valence-electron chi connectivity index (χ3n) is 4.54. The Bertz CT molecular complexity index is 1090. The minimum absolute atomic E-state index is 0.101. The van der Waals surface area contributed by atoms with E-state index in [0.29, 0.717) is 0 Å². The SMILES string of the molecule is O=c1c2c3c(sc2nc2scc(-c4ccccc4)n12)CCCC3. The van der Waals surface area contributed by atoms with Gasteiger partial charge in [0, 0.05) is 10.3 Å². The van der Waals surface area contributed by atoms with Crippen molar-refractivity contribution in [3.05, 3.63) is 56.5 Å². The molecule has 114 valence electrons. The van der Waals surface area contributed by atoms with Crippen LogP contribution < -0.4 is 5.56 Å². The van der Waals surface area contributed by atoms with Crippen LogP contribution in [0.25, 0.3) is 26.4 Å². The molecule has 0 bridgehead atoms. The molecule has 0 amide bonds. The Balaban J connectivity index is 1.89. The van der Waals surface area contributed by atoms with Gasteiger partial charge in [0.2, 0.25) is 0 Å². The van der Waals surface area contributed by atoms with Crippen molar-refractivity contribution in [2.45, 2.75) is 25.7 Å². The Labute approximate surface area is 140 Å². The van der Waals surface area contributed by atoms with Crippen molar-refractivity contribution in [2.75, 3.05) is 0 Å². The van der Waals surface area contributed by atoms with Crippen LogP contribution in [0.5, 0.6) is 0 Å². The maximum atomic E-state index is 13.2. The van der Waals surface area contributed by atoms with Crippen molar-refractivity contribution in [2.24, 2.45) is 0 Å². The lowest BCUT2D eigenvalue weighted by Gasteiger charge is -2.09. The van der Waals surface area contributed by atoms with Crippen LogP contribution in [0, 0.1) is 0 Å². The van der Waals surface area contributed by atoms with Gasteiger partial charge in [0.05, 0.1) is 11.1 Å². The number of nitrogens with zero attached hydrogens (tertiary/aromatic N) is 2. The lowest BCUT2D eigenvalue weighted by Crippen LogP contribution is -2.15. The minimum Gasteiger partial charge on any atom is -0.268 e. The van der Waals surface area contributed by atoms with Crippen LogP contribution in [0.1, 0.15) is 23.3 Å². The van der Waals surface area contributed by atoms with E-state index in [2.05, 4.69) is 0 Å². The number of thiophene rings is 1. The van der Waals surface area contributed by atoms with Gasteiger partial charge >= 0.3 is 0 Å². The summed E-state index contributed by atoms with van der Waals surface area (Å²) in [7, 11) is 0. The number of aryl methyl sites for hydroxylation is 2. The maximum Gasteiger partial charge on any atom is 0.268 e. The molecule has 23 heavy (non-hydrogen) atoms. The van der Waals surface area contributed by atoms with Gasteiger partial charge in [-0.25, -0.2) is 4.98 Å². The van der Waals surface area contributed by atoms with E-state index in [1.165, 1.54) is 23.3 Å². The number of aromatic nitrogens is 2. The first-order valence-corrected chi connectivity index (χ1v) is 9.52. The highest BCUT2D eigenvalue weighted by atomic mass is 32.1. The number of rotatable bonds is 1. The summed E-state index contributed by atoms with van der Waals surface area (Å²) in [4.78, 5) is 21.1. The van der Waals surface area contributed by atoms with Gasteiger partial charge in [0.25, 0.3) is 5.56 Å². The van der Waals surface area contributed by atoms with E-state index in [1.807, 2.05) is 35.7 Å². The summed E-state index contributed by atoms with van der Waals surface area (Å²) in [6, 6.07) is 10.1. The summed E-state index contributed by atoms with van der Waals surface area (Å²) in [5, 5.41) is 2.90. The van der Waals surface area contributed by atoms with Crippen LogP contribution in [0.2, 0.25) is 0 Å². The normalized spacial score (nSPS) is 14.4. The zero-order valence-corrected chi connectivity index (χ0v) is 14.0. The second-order valence-electron chi connectivity index (χ2n) is 5.91. The second-order valence-corrected chi connectivity index (χ2v) is 7.83. The van der Waals surface area contributed by atoms with Crippen LogP contribution in [-0.2, 0) is 12.8 Å². The Morgan fingerprint density at radius 2 is 1.91 bits per heavy atom. The largest absolute Gasteiger partial charge is 0.268 e. The average Bonchev–Trinajstić information content (AvgIpc) is 3.17. The predicted octanol–water partition coefficient (Wildman–Crippen LogP) is 4.52. The van der Waals surface area contributed by atoms with Crippen LogP contribution in [-0.4, -0.2) is 9.38 Å². The van der Waals surface area contributed by atoms with Crippen molar-refractivity contribution >= 4 is 37.9 Å². The van der Waals surface area contributed by atoms with Gasteiger partial charge in [-0.05, 0) is 36.8 Å². The van der Waals surface area contributed by atoms with E-state index in [9.17, 15) is 4.79 Å². The molecule has 0 N–H and O–H groups in total. The lowest BCUT2D eigenvalue weighted by atomic mass is 9.97. The fourth-order valence-electron chi connectivity index (χ4n) is 3.45. The number of thiazole rings is 1. The van der Waals surface area contributed by atoms with Crippen LogP contribution in [0.15, 0.2) is 40.5 Å². The zero-order valence-electron chi connectivity index (χ0n) is 12.4. The zero-order chi connectivity index (χ0) is 15.4. The van der Waals surface area contributed by atoms with Gasteiger partial charge in [-0.3, -0.25) is 9.20 Å². The molecule has 3 nitrogen and oxygen atoms in total. The number of benzene rings is 1. The summed E-state index contributed by atoms with van der Waals surface area (Å²) in [6.45, 7) is 0. The highest BCUT2D eigenvalue weighted by Crippen LogP contribution is 2.35. The molecule has 0 unspecified atom stereocenters. The molecule has 0 saturated heterocycles. The molecule has 3 heterocycles. The first-order chi connectivity index (χ1) is 11.3. The Hall–Kier alpha value is -1.98. The van der Waals surface area contributed by atoms with Crippen LogP contribution in [0.3, 0.4) is 0 Å². The van der Waals surface area contributed by atoms with E-state index in [-0.39, 0.29) is 5.56 Å². The number of hydrogen-bond acceptors (Lipinski definition) is 4.